The van der Waals surface area contributed by atoms with Crippen LogP contribution in [0.4, 0.5) is 0 Å². The van der Waals surface area contributed by atoms with Crippen molar-refractivity contribution in [2.24, 2.45) is 0 Å². The number of hydrogen-bond acceptors (Lipinski definition) is 12. The van der Waals surface area contributed by atoms with E-state index in [2.05, 4.69) is 0 Å². The van der Waals surface area contributed by atoms with Crippen LogP contribution in [0.3, 0.4) is 0 Å². The molecule has 0 bridgehead atoms. The third kappa shape index (κ3) is 3.15. The van der Waals surface area contributed by atoms with Gasteiger partial charge in [0.1, 0.15) is 0 Å². The zero-order valence-corrected chi connectivity index (χ0v) is 13.2. The molecule has 0 heterocycles. The van der Waals surface area contributed by atoms with Gasteiger partial charge in [0.05, 0.1) is 0 Å². The number of rotatable bonds is 4. The average molecular weight is 438 g/mol. The van der Waals surface area contributed by atoms with Crippen molar-refractivity contribution in [3.8, 4) is 0 Å². The molecule has 0 saturated carbocycles. The van der Waals surface area contributed by atoms with Crippen LogP contribution in [0.5, 0.6) is 0 Å². The molecule has 0 rings (SSSR count). The zero-order chi connectivity index (χ0) is 14.5. The van der Waals surface area contributed by atoms with E-state index in [9.17, 15) is 0 Å². The Morgan fingerprint density at radius 1 is 0.353 bits per heavy atom. The maximum atomic E-state index is 8.92. The summed E-state index contributed by atoms with van der Waals surface area (Å²) in [5, 5.41) is 0. The van der Waals surface area contributed by atoms with Crippen LogP contribution in [-0.2, 0) is 13.6 Å². The second kappa shape index (κ2) is 5.03. The molecule has 0 aromatic rings. The van der Waals surface area contributed by atoms with Crippen molar-refractivity contribution < 1.29 is 72.3 Å². The van der Waals surface area contributed by atoms with E-state index in [-0.39, 0.29) is 0 Å². The molecule has 0 saturated heterocycles. The number of hydrogen-bond donors (Lipinski definition) is 12. The van der Waals surface area contributed by atoms with Gasteiger partial charge in [-0.05, 0) is 0 Å². The van der Waals surface area contributed by atoms with Gasteiger partial charge in [-0.15, -0.1) is 0 Å². The molecule has 118 valence electrons. The fourth-order valence-corrected chi connectivity index (χ4v) is 45.5. The average Bonchev–Trinajstić information content (AvgIpc) is 1.67. The summed E-state index contributed by atoms with van der Waals surface area (Å²) in [5.41, 5.74) is 0. The molecule has 0 radical (unpaired) electrons. The van der Waals surface area contributed by atoms with Crippen LogP contribution in [0.25, 0.3) is 0 Å². The van der Waals surface area contributed by atoms with Gasteiger partial charge in [0.2, 0.25) is 0 Å². The second-order valence-corrected chi connectivity index (χ2v) is 43.9. The van der Waals surface area contributed by atoms with Gasteiger partial charge in [-0.1, -0.05) is 0 Å². The summed E-state index contributed by atoms with van der Waals surface area (Å²) in [4.78, 5) is 107. The molecule has 0 aromatic heterocycles. The predicted octanol–water partition coefficient (Wildman–Crippen LogP) is -4.31. The van der Waals surface area contributed by atoms with E-state index in [1.165, 1.54) is 0 Å². The summed E-state index contributed by atoms with van der Waals surface area (Å²) in [5.74, 6) is 0. The Morgan fingerprint density at radius 3 is 0.471 bits per heavy atom. The van der Waals surface area contributed by atoms with Crippen LogP contribution in [0.2, 0.25) is 0 Å². The summed E-state index contributed by atoms with van der Waals surface area (Å²) < 4.78 is 0. The first-order valence-electron chi connectivity index (χ1n) is 3.32. The van der Waals surface area contributed by atoms with Crippen LogP contribution >= 0.6 is 24.5 Å². The van der Waals surface area contributed by atoms with Crippen molar-refractivity contribution in [1.82, 2.24) is 0 Å². The van der Waals surface area contributed by atoms with Crippen molar-refractivity contribution in [3.63, 3.8) is 0 Å². The fraction of sp³-hybridized carbons (Fsp3) is 0. The Hall–Kier alpha value is 1.90. The zero-order valence-electron chi connectivity index (χ0n) is 7.68. The van der Waals surface area contributed by atoms with Gasteiger partial charge >= 0.3 is 96.8 Å². The third-order valence-corrected chi connectivity index (χ3v) is 67.8. The van der Waals surface area contributed by atoms with E-state index in [1.807, 2.05) is 0 Å². The van der Waals surface area contributed by atoms with Gasteiger partial charge in [-0.3, -0.25) is 0 Å². The van der Waals surface area contributed by atoms with E-state index in [0.29, 0.717) is 0 Å². The Balaban J connectivity index is 6.37. The topological polar surface area (TPSA) is 243 Å². The van der Waals surface area contributed by atoms with Gasteiger partial charge in [0.15, 0.2) is 0 Å². The Labute approximate surface area is 97.0 Å². The molecule has 0 aliphatic rings. The van der Waals surface area contributed by atoms with Crippen LogP contribution in [0.15, 0.2) is 0 Å². The molecule has 0 amide bonds. The first kappa shape index (κ1) is 18.9. The molecular formula is H16O12P4Pd. The van der Waals surface area contributed by atoms with Gasteiger partial charge in [0.25, 0.3) is 0 Å². The molecule has 0 aromatic carbocycles. The third-order valence-electron chi connectivity index (χ3n) is 1.27. The molecule has 0 fully saturated rings. The molecule has 0 atom stereocenters. The molecular weight excluding hydrogens is 422 g/mol. The summed E-state index contributed by atoms with van der Waals surface area (Å²) in [6, 6.07) is 0. The van der Waals surface area contributed by atoms with Crippen LogP contribution in [0.1, 0.15) is 0 Å². The SMILES string of the molecule is O[PH](O)(O)[Pd]([PH](O)(O)O)([PH](O)(O)O)[PH](O)(O)O. The minimum absolute atomic E-state index is 6.26. The van der Waals surface area contributed by atoms with Gasteiger partial charge in [0, 0.05) is 0 Å². The summed E-state index contributed by atoms with van der Waals surface area (Å²) in [6.45, 7) is 0. The predicted molar refractivity (Wildman–Crippen MR) is 59.9 cm³/mol. The summed E-state index contributed by atoms with van der Waals surface area (Å²) in [7, 11) is 0. The van der Waals surface area contributed by atoms with Gasteiger partial charge in [-0.2, -0.15) is 0 Å². The molecule has 12 N–H and O–H groups in total. The quantitative estimate of drug-likeness (QED) is 0.147. The van der Waals surface area contributed by atoms with Crippen LogP contribution in [0, 0.1) is 0 Å². The van der Waals surface area contributed by atoms with Gasteiger partial charge in [-0.25, -0.2) is 0 Å². The molecule has 0 spiro atoms. The monoisotopic (exact) mass is 438 g/mol. The van der Waals surface area contributed by atoms with E-state index >= 15 is 0 Å². The molecule has 0 aliphatic carbocycles. The van der Waals surface area contributed by atoms with E-state index in [4.69, 9.17) is 58.7 Å². The Kier molecular flexibility index (Phi) is 5.59. The Bertz CT molecular complexity index is 211. The van der Waals surface area contributed by atoms with Crippen molar-refractivity contribution in [3.05, 3.63) is 0 Å². The molecule has 17 heteroatoms. The summed E-state index contributed by atoms with van der Waals surface area (Å²) >= 11 is -6.53. The first-order valence-corrected chi connectivity index (χ1v) is 19.3. The van der Waals surface area contributed by atoms with Crippen LogP contribution < -0.4 is 0 Å². The van der Waals surface area contributed by atoms with E-state index < -0.39 is 38.1 Å². The molecule has 12 nitrogen and oxygen atoms in total. The van der Waals surface area contributed by atoms with Crippen molar-refractivity contribution in [2.75, 3.05) is 0 Å². The second-order valence-electron chi connectivity index (χ2n) is 2.52. The van der Waals surface area contributed by atoms with Crippen molar-refractivity contribution in [2.45, 2.75) is 0 Å². The molecule has 0 unspecified atom stereocenters. The maximum absolute atomic E-state index is 8.92. The van der Waals surface area contributed by atoms with Crippen LogP contribution in [-0.4, -0.2) is 58.7 Å². The van der Waals surface area contributed by atoms with E-state index in [0.717, 1.165) is 0 Å². The molecule has 0 aliphatic heterocycles. The molecule has 17 heavy (non-hydrogen) atoms. The van der Waals surface area contributed by atoms with E-state index in [1.54, 1.807) is 0 Å². The van der Waals surface area contributed by atoms with Gasteiger partial charge < -0.3 is 0 Å². The van der Waals surface area contributed by atoms with Crippen molar-refractivity contribution >= 4 is 24.5 Å². The minimum atomic E-state index is -6.53. The summed E-state index contributed by atoms with van der Waals surface area (Å²) in [6.07, 6.45) is -25.0. The Morgan fingerprint density at radius 2 is 0.471 bits per heavy atom. The van der Waals surface area contributed by atoms with Crippen molar-refractivity contribution in [1.29, 1.82) is 0 Å². The fourth-order valence-electron chi connectivity index (χ4n) is 0.854. The normalized spacial score (nSPS) is 24.7. The first-order chi connectivity index (χ1) is 7.00. The standard InChI is InChI=1S/4H4O3P.Pd/c4*1-4(2)3;/h4*1-4H;/q4*+1;-4.